The van der Waals surface area contributed by atoms with Gasteiger partial charge in [-0.25, -0.2) is 0 Å². The second-order valence-corrected chi connectivity index (χ2v) is 4.95. The minimum Gasteiger partial charge on any atom is -0.340 e. The monoisotopic (exact) mass is 209 g/mol. The average Bonchev–Trinajstić information content (AvgIpc) is 2.98. The van der Waals surface area contributed by atoms with Gasteiger partial charge in [-0.15, -0.1) is 0 Å². The SMILES string of the molecule is O=C(C1CNC1)N1CCN(C2CC2)CC1. The number of rotatable bonds is 2. The van der Waals surface area contributed by atoms with Crippen LogP contribution in [0.25, 0.3) is 0 Å². The van der Waals surface area contributed by atoms with Crippen LogP contribution in [-0.4, -0.2) is 61.0 Å². The Bertz CT molecular complexity index is 253. The number of hydrogen-bond acceptors (Lipinski definition) is 3. The zero-order valence-electron chi connectivity index (χ0n) is 9.11. The number of hydrogen-bond donors (Lipinski definition) is 1. The molecule has 1 N–H and O–H groups in total. The molecule has 0 aromatic carbocycles. The van der Waals surface area contributed by atoms with Crippen molar-refractivity contribution in [1.82, 2.24) is 15.1 Å². The molecule has 1 aliphatic carbocycles. The Hall–Kier alpha value is -0.610. The lowest BCUT2D eigenvalue weighted by Crippen LogP contribution is -2.56. The fourth-order valence-corrected chi connectivity index (χ4v) is 2.47. The van der Waals surface area contributed by atoms with Crippen molar-refractivity contribution in [3.8, 4) is 0 Å². The van der Waals surface area contributed by atoms with Crippen LogP contribution in [0.2, 0.25) is 0 Å². The maximum Gasteiger partial charge on any atom is 0.228 e. The highest BCUT2D eigenvalue weighted by molar-refractivity contribution is 5.80. The van der Waals surface area contributed by atoms with E-state index in [4.69, 9.17) is 0 Å². The van der Waals surface area contributed by atoms with E-state index in [1.807, 2.05) is 0 Å². The van der Waals surface area contributed by atoms with E-state index < -0.39 is 0 Å². The van der Waals surface area contributed by atoms with Crippen molar-refractivity contribution in [2.24, 2.45) is 5.92 Å². The third-order valence-electron chi connectivity index (χ3n) is 3.82. The summed E-state index contributed by atoms with van der Waals surface area (Å²) >= 11 is 0. The summed E-state index contributed by atoms with van der Waals surface area (Å²) < 4.78 is 0. The Morgan fingerprint density at radius 3 is 2.20 bits per heavy atom. The number of nitrogens with one attached hydrogen (secondary N) is 1. The van der Waals surface area contributed by atoms with Gasteiger partial charge < -0.3 is 10.2 Å². The zero-order valence-corrected chi connectivity index (χ0v) is 9.11. The molecule has 0 atom stereocenters. The van der Waals surface area contributed by atoms with Gasteiger partial charge in [-0.2, -0.15) is 0 Å². The van der Waals surface area contributed by atoms with Crippen LogP contribution in [0.4, 0.5) is 0 Å². The van der Waals surface area contributed by atoms with Gasteiger partial charge >= 0.3 is 0 Å². The van der Waals surface area contributed by atoms with E-state index in [-0.39, 0.29) is 5.92 Å². The van der Waals surface area contributed by atoms with Crippen LogP contribution in [0.15, 0.2) is 0 Å². The summed E-state index contributed by atoms with van der Waals surface area (Å²) in [5.41, 5.74) is 0. The predicted molar refractivity (Wildman–Crippen MR) is 57.5 cm³/mol. The summed E-state index contributed by atoms with van der Waals surface area (Å²) in [6.45, 7) is 5.87. The molecule has 0 spiro atoms. The molecule has 0 unspecified atom stereocenters. The first-order valence-corrected chi connectivity index (χ1v) is 6.08. The van der Waals surface area contributed by atoms with Crippen LogP contribution in [0, 0.1) is 5.92 Å². The molecule has 2 saturated heterocycles. The molecule has 3 rings (SSSR count). The molecule has 3 aliphatic rings. The van der Waals surface area contributed by atoms with Crippen molar-refractivity contribution < 1.29 is 4.79 Å². The van der Waals surface area contributed by atoms with Crippen LogP contribution in [-0.2, 0) is 4.79 Å². The Balaban J connectivity index is 1.49. The Labute approximate surface area is 90.6 Å². The first-order chi connectivity index (χ1) is 7.34. The second kappa shape index (κ2) is 3.76. The highest BCUT2D eigenvalue weighted by Gasteiger charge is 2.35. The molecule has 3 fully saturated rings. The minimum atomic E-state index is 0.275. The maximum atomic E-state index is 11.9. The number of carbonyl (C=O) groups is 1. The molecular formula is C11H19N3O. The molecule has 4 nitrogen and oxygen atoms in total. The van der Waals surface area contributed by atoms with Crippen molar-refractivity contribution in [2.45, 2.75) is 18.9 Å². The first-order valence-electron chi connectivity index (χ1n) is 6.08. The van der Waals surface area contributed by atoms with E-state index in [0.717, 1.165) is 45.3 Å². The van der Waals surface area contributed by atoms with Crippen molar-refractivity contribution >= 4 is 5.91 Å². The predicted octanol–water partition coefficient (Wildman–Crippen LogP) is -0.488. The van der Waals surface area contributed by atoms with Crippen LogP contribution in [0.5, 0.6) is 0 Å². The molecule has 1 saturated carbocycles. The summed E-state index contributed by atoms with van der Waals surface area (Å²) in [5.74, 6) is 0.654. The third-order valence-corrected chi connectivity index (χ3v) is 3.82. The van der Waals surface area contributed by atoms with Gasteiger partial charge in [-0.3, -0.25) is 9.69 Å². The Kier molecular flexibility index (Phi) is 2.41. The van der Waals surface area contributed by atoms with Gasteiger partial charge in [0.15, 0.2) is 0 Å². The number of piperazine rings is 1. The Morgan fingerprint density at radius 2 is 1.73 bits per heavy atom. The van der Waals surface area contributed by atoms with Crippen LogP contribution >= 0.6 is 0 Å². The molecule has 0 radical (unpaired) electrons. The topological polar surface area (TPSA) is 35.6 Å². The summed E-state index contributed by atoms with van der Waals surface area (Å²) in [6, 6.07) is 0.854. The molecule has 2 aliphatic heterocycles. The molecule has 1 amide bonds. The Morgan fingerprint density at radius 1 is 1.07 bits per heavy atom. The van der Waals surface area contributed by atoms with Gasteiger partial charge in [0, 0.05) is 45.3 Å². The largest absolute Gasteiger partial charge is 0.340 e. The fraction of sp³-hybridized carbons (Fsp3) is 0.909. The maximum absolute atomic E-state index is 11.9. The lowest BCUT2D eigenvalue weighted by Gasteiger charge is -2.38. The smallest absolute Gasteiger partial charge is 0.228 e. The third kappa shape index (κ3) is 1.88. The van der Waals surface area contributed by atoms with E-state index in [9.17, 15) is 4.79 Å². The standard InChI is InChI=1S/C11H19N3O/c15-11(9-7-12-8-9)14-5-3-13(4-6-14)10-1-2-10/h9-10,12H,1-8H2. The summed E-state index contributed by atoms with van der Waals surface area (Å²) in [6.07, 6.45) is 2.75. The van der Waals surface area contributed by atoms with E-state index >= 15 is 0 Å². The van der Waals surface area contributed by atoms with E-state index in [0.29, 0.717) is 5.91 Å². The summed E-state index contributed by atoms with van der Waals surface area (Å²) in [7, 11) is 0. The second-order valence-electron chi connectivity index (χ2n) is 4.95. The molecule has 2 heterocycles. The highest BCUT2D eigenvalue weighted by Crippen LogP contribution is 2.27. The van der Waals surface area contributed by atoms with E-state index in [2.05, 4.69) is 15.1 Å². The molecule has 4 heteroatoms. The van der Waals surface area contributed by atoms with Crippen molar-refractivity contribution in [2.75, 3.05) is 39.3 Å². The van der Waals surface area contributed by atoms with Gasteiger partial charge in [0.05, 0.1) is 5.92 Å². The summed E-state index contributed by atoms with van der Waals surface area (Å²) in [4.78, 5) is 16.5. The van der Waals surface area contributed by atoms with E-state index in [1.165, 1.54) is 12.8 Å². The number of carbonyl (C=O) groups excluding carboxylic acids is 1. The minimum absolute atomic E-state index is 0.275. The van der Waals surface area contributed by atoms with Crippen LogP contribution < -0.4 is 5.32 Å². The first kappa shape index (κ1) is 9.60. The highest BCUT2D eigenvalue weighted by atomic mass is 16.2. The molecule has 84 valence electrons. The molecule has 0 aromatic heterocycles. The van der Waals surface area contributed by atoms with Crippen molar-refractivity contribution in [3.63, 3.8) is 0 Å². The number of nitrogens with zero attached hydrogens (tertiary/aromatic N) is 2. The molecule has 15 heavy (non-hydrogen) atoms. The van der Waals surface area contributed by atoms with Gasteiger partial charge in [0.25, 0.3) is 0 Å². The van der Waals surface area contributed by atoms with E-state index in [1.54, 1.807) is 0 Å². The van der Waals surface area contributed by atoms with Crippen molar-refractivity contribution in [3.05, 3.63) is 0 Å². The molecular weight excluding hydrogens is 190 g/mol. The fourth-order valence-electron chi connectivity index (χ4n) is 2.47. The van der Waals surface area contributed by atoms with Crippen molar-refractivity contribution in [1.29, 1.82) is 0 Å². The lowest BCUT2D eigenvalue weighted by atomic mass is 10.0. The van der Waals surface area contributed by atoms with Gasteiger partial charge in [-0.1, -0.05) is 0 Å². The van der Waals surface area contributed by atoms with Crippen LogP contribution in [0.3, 0.4) is 0 Å². The lowest BCUT2D eigenvalue weighted by molar-refractivity contribution is -0.138. The van der Waals surface area contributed by atoms with Gasteiger partial charge in [0.2, 0.25) is 5.91 Å². The van der Waals surface area contributed by atoms with Crippen LogP contribution in [0.1, 0.15) is 12.8 Å². The zero-order chi connectivity index (χ0) is 10.3. The normalized spacial score (nSPS) is 28.9. The summed E-state index contributed by atoms with van der Waals surface area (Å²) in [5, 5.41) is 3.16. The van der Waals surface area contributed by atoms with Gasteiger partial charge in [0.1, 0.15) is 0 Å². The molecule has 0 bridgehead atoms. The molecule has 0 aromatic rings. The quantitative estimate of drug-likeness (QED) is 0.667. The van der Waals surface area contributed by atoms with Gasteiger partial charge in [-0.05, 0) is 12.8 Å². The average molecular weight is 209 g/mol. The number of amides is 1.